The number of aromatic hydroxyl groups is 1. The molecular formula is C25H17BrN2O2S. The number of nitriles is 1. The molecule has 4 nitrogen and oxygen atoms in total. The lowest BCUT2D eigenvalue weighted by Crippen LogP contribution is -1.87. The average Bonchev–Trinajstić information content (AvgIpc) is 3.30. The van der Waals surface area contributed by atoms with Crippen molar-refractivity contribution in [1.82, 2.24) is 4.98 Å². The van der Waals surface area contributed by atoms with E-state index in [2.05, 4.69) is 51.2 Å². The van der Waals surface area contributed by atoms with Gasteiger partial charge in [0.1, 0.15) is 11.1 Å². The summed E-state index contributed by atoms with van der Waals surface area (Å²) in [4.78, 5) is 4.67. The second-order valence-electron chi connectivity index (χ2n) is 6.70. The van der Waals surface area contributed by atoms with E-state index in [0.29, 0.717) is 20.8 Å². The zero-order valence-electron chi connectivity index (χ0n) is 16.5. The molecule has 0 amide bonds. The van der Waals surface area contributed by atoms with Gasteiger partial charge in [0, 0.05) is 10.9 Å². The van der Waals surface area contributed by atoms with Gasteiger partial charge in [-0.3, -0.25) is 0 Å². The van der Waals surface area contributed by atoms with Crippen LogP contribution in [0.5, 0.6) is 11.5 Å². The highest BCUT2D eigenvalue weighted by Crippen LogP contribution is 2.36. The van der Waals surface area contributed by atoms with E-state index in [9.17, 15) is 10.4 Å². The summed E-state index contributed by atoms with van der Waals surface area (Å²) in [7, 11) is 1.48. The second kappa shape index (κ2) is 9.17. The third-order valence-electron chi connectivity index (χ3n) is 4.72. The molecule has 0 atom stereocenters. The van der Waals surface area contributed by atoms with Crippen molar-refractivity contribution in [3.63, 3.8) is 0 Å². The molecule has 0 radical (unpaired) electrons. The minimum absolute atomic E-state index is 0.0219. The molecule has 1 N–H and O–H groups in total. The molecule has 4 rings (SSSR count). The van der Waals surface area contributed by atoms with Crippen LogP contribution in [-0.2, 0) is 0 Å². The number of methoxy groups -OCH3 is 1. The van der Waals surface area contributed by atoms with Gasteiger partial charge in [-0.05, 0) is 50.8 Å². The fourth-order valence-corrected chi connectivity index (χ4v) is 4.39. The maximum absolute atomic E-state index is 9.98. The molecule has 0 fully saturated rings. The summed E-state index contributed by atoms with van der Waals surface area (Å²) in [5.74, 6) is 0.352. The Morgan fingerprint density at radius 3 is 2.42 bits per heavy atom. The first-order valence-electron chi connectivity index (χ1n) is 9.39. The second-order valence-corrected chi connectivity index (χ2v) is 8.42. The molecule has 31 heavy (non-hydrogen) atoms. The Morgan fingerprint density at radius 1 is 1.06 bits per heavy atom. The van der Waals surface area contributed by atoms with Gasteiger partial charge in [0.05, 0.1) is 22.8 Å². The van der Waals surface area contributed by atoms with E-state index in [1.54, 1.807) is 18.2 Å². The quantitative estimate of drug-likeness (QED) is 0.306. The fourth-order valence-electron chi connectivity index (χ4n) is 3.14. The number of aromatic nitrogens is 1. The van der Waals surface area contributed by atoms with Crippen molar-refractivity contribution >= 4 is 38.9 Å². The zero-order valence-corrected chi connectivity index (χ0v) is 18.9. The summed E-state index contributed by atoms with van der Waals surface area (Å²) in [6.45, 7) is 0. The highest BCUT2D eigenvalue weighted by Gasteiger charge is 2.12. The Morgan fingerprint density at radius 2 is 1.74 bits per heavy atom. The van der Waals surface area contributed by atoms with Crippen molar-refractivity contribution in [2.75, 3.05) is 7.11 Å². The molecule has 0 saturated carbocycles. The average molecular weight is 489 g/mol. The maximum atomic E-state index is 9.98. The number of allylic oxidation sites excluding steroid dienone is 1. The number of thiazole rings is 1. The van der Waals surface area contributed by atoms with Gasteiger partial charge in [0.25, 0.3) is 0 Å². The number of nitrogens with zero attached hydrogens (tertiary/aromatic N) is 2. The summed E-state index contributed by atoms with van der Waals surface area (Å²) in [5, 5.41) is 22.3. The summed E-state index contributed by atoms with van der Waals surface area (Å²) in [5.41, 5.74) is 5.29. The Kier molecular flexibility index (Phi) is 6.17. The van der Waals surface area contributed by atoms with Crippen molar-refractivity contribution in [3.8, 4) is 40.0 Å². The van der Waals surface area contributed by atoms with E-state index >= 15 is 0 Å². The molecular weight excluding hydrogens is 472 g/mol. The van der Waals surface area contributed by atoms with Crippen LogP contribution in [-0.4, -0.2) is 17.2 Å². The Balaban J connectivity index is 1.62. The van der Waals surface area contributed by atoms with Crippen molar-refractivity contribution in [3.05, 3.63) is 87.2 Å². The van der Waals surface area contributed by atoms with Crippen LogP contribution in [0.15, 0.2) is 76.6 Å². The molecule has 4 aromatic rings. The van der Waals surface area contributed by atoms with E-state index in [-0.39, 0.29) is 5.75 Å². The largest absolute Gasteiger partial charge is 0.503 e. The van der Waals surface area contributed by atoms with Crippen LogP contribution in [0.2, 0.25) is 0 Å². The van der Waals surface area contributed by atoms with Gasteiger partial charge in [-0.1, -0.05) is 54.6 Å². The lowest BCUT2D eigenvalue weighted by atomic mass is 10.0. The fraction of sp³-hybridized carbons (Fsp3) is 0.0400. The van der Waals surface area contributed by atoms with Crippen molar-refractivity contribution in [1.29, 1.82) is 5.26 Å². The number of benzene rings is 3. The number of rotatable bonds is 5. The first-order valence-corrected chi connectivity index (χ1v) is 11.1. The molecule has 0 spiro atoms. The molecule has 152 valence electrons. The van der Waals surface area contributed by atoms with Crippen molar-refractivity contribution in [2.45, 2.75) is 0 Å². The molecule has 1 heterocycles. The van der Waals surface area contributed by atoms with Gasteiger partial charge < -0.3 is 9.84 Å². The van der Waals surface area contributed by atoms with E-state index in [4.69, 9.17) is 4.74 Å². The van der Waals surface area contributed by atoms with Gasteiger partial charge in [-0.25, -0.2) is 4.98 Å². The predicted molar refractivity (Wildman–Crippen MR) is 129 cm³/mol. The number of phenols is 1. The van der Waals surface area contributed by atoms with E-state index < -0.39 is 0 Å². The van der Waals surface area contributed by atoms with Crippen LogP contribution in [0.1, 0.15) is 10.6 Å². The Hall–Kier alpha value is -3.40. The summed E-state index contributed by atoms with van der Waals surface area (Å²) >= 11 is 4.73. The van der Waals surface area contributed by atoms with Crippen LogP contribution in [0.3, 0.4) is 0 Å². The summed E-state index contributed by atoms with van der Waals surface area (Å²) < 4.78 is 5.68. The molecule has 6 heteroatoms. The standard InChI is InChI=1S/C25H17BrN2O2S/c1-30-23-13-16(12-21(26)24(23)29)11-20(14-27)25-28-22(15-31-25)19-9-7-18(8-10-19)17-5-3-2-4-6-17/h2-13,15,29H,1H3. The summed E-state index contributed by atoms with van der Waals surface area (Å²) in [6, 6.07) is 24.1. The lowest BCUT2D eigenvalue weighted by molar-refractivity contribution is 0.372. The SMILES string of the molecule is COc1cc(C=C(C#N)c2nc(-c3ccc(-c4ccccc4)cc3)cs2)cc(Br)c1O. The van der Waals surface area contributed by atoms with Crippen molar-refractivity contribution in [2.24, 2.45) is 0 Å². The highest BCUT2D eigenvalue weighted by atomic mass is 79.9. The number of ether oxygens (including phenoxy) is 1. The lowest BCUT2D eigenvalue weighted by Gasteiger charge is -2.06. The van der Waals surface area contributed by atoms with E-state index in [0.717, 1.165) is 22.4 Å². The van der Waals surface area contributed by atoms with Gasteiger partial charge in [0.15, 0.2) is 11.5 Å². The Labute approximate surface area is 192 Å². The number of hydrogen-bond acceptors (Lipinski definition) is 5. The molecule has 0 bridgehead atoms. The Bertz CT molecular complexity index is 1290. The predicted octanol–water partition coefficient (Wildman–Crippen LogP) is 7.02. The van der Waals surface area contributed by atoms with Crippen LogP contribution < -0.4 is 4.74 Å². The first kappa shape index (κ1) is 20.9. The van der Waals surface area contributed by atoms with Crippen molar-refractivity contribution < 1.29 is 9.84 Å². The van der Waals surface area contributed by atoms with Gasteiger partial charge in [-0.15, -0.1) is 11.3 Å². The van der Waals surface area contributed by atoms with Gasteiger partial charge in [0.2, 0.25) is 0 Å². The van der Waals surface area contributed by atoms with Gasteiger partial charge >= 0.3 is 0 Å². The zero-order chi connectivity index (χ0) is 21.8. The number of halogens is 1. The normalized spacial score (nSPS) is 11.2. The molecule has 0 unspecified atom stereocenters. The molecule has 0 aliphatic carbocycles. The van der Waals surface area contributed by atoms with Crippen LogP contribution in [0.25, 0.3) is 34.0 Å². The molecule has 1 aromatic heterocycles. The topological polar surface area (TPSA) is 66.1 Å². The third-order valence-corrected chi connectivity index (χ3v) is 6.20. The third kappa shape index (κ3) is 4.53. The minimum Gasteiger partial charge on any atom is -0.503 e. The molecule has 0 saturated heterocycles. The summed E-state index contributed by atoms with van der Waals surface area (Å²) in [6.07, 6.45) is 1.73. The van der Waals surface area contributed by atoms with Crippen LogP contribution in [0, 0.1) is 11.3 Å². The molecule has 3 aromatic carbocycles. The maximum Gasteiger partial charge on any atom is 0.172 e. The monoisotopic (exact) mass is 488 g/mol. The smallest absolute Gasteiger partial charge is 0.172 e. The minimum atomic E-state index is 0.0219. The van der Waals surface area contributed by atoms with E-state index in [1.807, 2.05) is 35.7 Å². The number of phenolic OH excluding ortho intramolecular Hbond substituents is 1. The van der Waals surface area contributed by atoms with Crippen LogP contribution >= 0.6 is 27.3 Å². The van der Waals surface area contributed by atoms with Crippen LogP contribution in [0.4, 0.5) is 0 Å². The van der Waals surface area contributed by atoms with E-state index in [1.165, 1.54) is 24.0 Å². The van der Waals surface area contributed by atoms with Gasteiger partial charge in [-0.2, -0.15) is 5.26 Å². The highest BCUT2D eigenvalue weighted by molar-refractivity contribution is 9.10. The number of hydrogen-bond donors (Lipinski definition) is 1. The first-order chi connectivity index (χ1) is 15.1. The molecule has 0 aliphatic heterocycles. The molecule has 0 aliphatic rings.